The molecule has 0 aromatic heterocycles. The SMILES string of the molecule is CCCCCCCCCCCNCC. The van der Waals surface area contributed by atoms with E-state index in [1.165, 1.54) is 64.3 Å². The van der Waals surface area contributed by atoms with E-state index >= 15 is 0 Å². The maximum atomic E-state index is 3.37. The highest BCUT2D eigenvalue weighted by Gasteiger charge is 1.91. The minimum absolute atomic E-state index is 1.12. The van der Waals surface area contributed by atoms with Gasteiger partial charge in [-0.15, -0.1) is 0 Å². The van der Waals surface area contributed by atoms with Gasteiger partial charge >= 0.3 is 0 Å². The first-order chi connectivity index (χ1) is 6.91. The van der Waals surface area contributed by atoms with Crippen molar-refractivity contribution in [1.82, 2.24) is 5.32 Å². The minimum Gasteiger partial charge on any atom is -0.317 e. The van der Waals surface area contributed by atoms with Crippen LogP contribution in [0.5, 0.6) is 0 Å². The Balaban J connectivity index is 2.78. The molecule has 0 spiro atoms. The number of hydrogen-bond donors (Lipinski definition) is 1. The quantitative estimate of drug-likeness (QED) is 0.493. The summed E-state index contributed by atoms with van der Waals surface area (Å²) in [6.45, 7) is 6.79. The van der Waals surface area contributed by atoms with Crippen molar-refractivity contribution in [2.24, 2.45) is 0 Å². The third-order valence-corrected chi connectivity index (χ3v) is 2.71. The molecule has 0 rings (SSSR count). The van der Waals surface area contributed by atoms with Gasteiger partial charge in [-0.25, -0.2) is 0 Å². The van der Waals surface area contributed by atoms with Gasteiger partial charge in [0.15, 0.2) is 0 Å². The molecule has 0 aromatic carbocycles. The molecule has 1 N–H and O–H groups in total. The molecule has 0 saturated heterocycles. The molecule has 0 heterocycles. The molecule has 0 bridgehead atoms. The summed E-state index contributed by atoms with van der Waals surface area (Å²) in [7, 11) is 0. The fourth-order valence-electron chi connectivity index (χ4n) is 1.74. The zero-order valence-corrected chi connectivity index (χ0v) is 10.3. The molecule has 86 valence electrons. The first-order valence-corrected chi connectivity index (χ1v) is 6.62. The highest BCUT2D eigenvalue weighted by atomic mass is 14.8. The van der Waals surface area contributed by atoms with Gasteiger partial charge in [0, 0.05) is 0 Å². The van der Waals surface area contributed by atoms with E-state index in [-0.39, 0.29) is 0 Å². The standard InChI is InChI=1S/C13H29N/c1-3-5-6-7-8-9-10-11-12-13-14-4-2/h14H,3-13H2,1-2H3. The lowest BCUT2D eigenvalue weighted by molar-refractivity contribution is 0.553. The molecular formula is C13H29N. The zero-order valence-electron chi connectivity index (χ0n) is 10.3. The van der Waals surface area contributed by atoms with Crippen molar-refractivity contribution in [3.8, 4) is 0 Å². The van der Waals surface area contributed by atoms with E-state index in [1.807, 2.05) is 0 Å². The van der Waals surface area contributed by atoms with E-state index in [2.05, 4.69) is 19.2 Å². The summed E-state index contributed by atoms with van der Waals surface area (Å²) in [4.78, 5) is 0. The highest BCUT2D eigenvalue weighted by Crippen LogP contribution is 2.08. The van der Waals surface area contributed by atoms with E-state index in [1.54, 1.807) is 0 Å². The molecule has 0 aliphatic heterocycles. The van der Waals surface area contributed by atoms with Crippen molar-refractivity contribution in [2.45, 2.75) is 71.6 Å². The van der Waals surface area contributed by atoms with Gasteiger partial charge in [-0.3, -0.25) is 0 Å². The summed E-state index contributed by atoms with van der Waals surface area (Å²) in [5, 5.41) is 3.37. The van der Waals surface area contributed by atoms with Crippen LogP contribution in [0.3, 0.4) is 0 Å². The average molecular weight is 199 g/mol. The van der Waals surface area contributed by atoms with Crippen molar-refractivity contribution in [3.63, 3.8) is 0 Å². The minimum atomic E-state index is 1.12. The van der Waals surface area contributed by atoms with Crippen molar-refractivity contribution in [1.29, 1.82) is 0 Å². The Labute approximate surface area is 90.7 Å². The van der Waals surface area contributed by atoms with Crippen molar-refractivity contribution in [3.05, 3.63) is 0 Å². The lowest BCUT2D eigenvalue weighted by atomic mass is 10.1. The lowest BCUT2D eigenvalue weighted by Gasteiger charge is -2.02. The van der Waals surface area contributed by atoms with Gasteiger partial charge in [-0.2, -0.15) is 0 Å². The second-order valence-electron chi connectivity index (χ2n) is 4.18. The van der Waals surface area contributed by atoms with Crippen molar-refractivity contribution in [2.75, 3.05) is 13.1 Å². The predicted octanol–water partition coefficient (Wildman–Crippen LogP) is 4.13. The third kappa shape index (κ3) is 12.0. The van der Waals surface area contributed by atoms with Crippen LogP contribution < -0.4 is 5.32 Å². The van der Waals surface area contributed by atoms with Crippen LogP contribution in [-0.4, -0.2) is 13.1 Å². The van der Waals surface area contributed by atoms with Crippen molar-refractivity contribution >= 4 is 0 Å². The Morgan fingerprint density at radius 3 is 1.64 bits per heavy atom. The van der Waals surface area contributed by atoms with E-state index < -0.39 is 0 Å². The monoisotopic (exact) mass is 199 g/mol. The molecular weight excluding hydrogens is 170 g/mol. The lowest BCUT2D eigenvalue weighted by Crippen LogP contribution is -2.13. The van der Waals surface area contributed by atoms with Gasteiger partial charge in [0.1, 0.15) is 0 Å². The zero-order chi connectivity index (χ0) is 10.5. The first kappa shape index (κ1) is 14.0. The summed E-state index contributed by atoms with van der Waals surface area (Å²) in [6.07, 6.45) is 12.8. The second kappa shape index (κ2) is 13.0. The molecule has 0 radical (unpaired) electrons. The Bertz CT molecular complexity index is 79.2. The summed E-state index contributed by atoms with van der Waals surface area (Å²) >= 11 is 0. The van der Waals surface area contributed by atoms with Crippen LogP contribution in [0.1, 0.15) is 71.6 Å². The van der Waals surface area contributed by atoms with Crippen LogP contribution in [0.4, 0.5) is 0 Å². The molecule has 0 fully saturated rings. The molecule has 1 nitrogen and oxygen atoms in total. The Hall–Kier alpha value is -0.0400. The molecule has 0 saturated carbocycles. The molecule has 1 heteroatoms. The van der Waals surface area contributed by atoms with E-state index in [9.17, 15) is 0 Å². The average Bonchev–Trinajstić information content (AvgIpc) is 2.21. The summed E-state index contributed by atoms with van der Waals surface area (Å²) in [5.41, 5.74) is 0. The molecule has 0 unspecified atom stereocenters. The number of rotatable bonds is 11. The highest BCUT2D eigenvalue weighted by molar-refractivity contribution is 4.48. The number of hydrogen-bond acceptors (Lipinski definition) is 1. The smallest absolute Gasteiger partial charge is 0.00490 e. The topological polar surface area (TPSA) is 12.0 Å². The predicted molar refractivity (Wildman–Crippen MR) is 65.8 cm³/mol. The fraction of sp³-hybridized carbons (Fsp3) is 1.00. The van der Waals surface area contributed by atoms with Crippen LogP contribution in [0.15, 0.2) is 0 Å². The maximum absolute atomic E-state index is 3.37. The van der Waals surface area contributed by atoms with Crippen LogP contribution in [0.25, 0.3) is 0 Å². The molecule has 0 atom stereocenters. The van der Waals surface area contributed by atoms with Gasteiger partial charge in [-0.1, -0.05) is 65.2 Å². The van der Waals surface area contributed by atoms with Crippen molar-refractivity contribution < 1.29 is 0 Å². The molecule has 0 aliphatic carbocycles. The normalized spacial score (nSPS) is 10.7. The summed E-state index contributed by atoms with van der Waals surface area (Å²) < 4.78 is 0. The van der Waals surface area contributed by atoms with Crippen LogP contribution in [0.2, 0.25) is 0 Å². The summed E-state index contributed by atoms with van der Waals surface area (Å²) in [6, 6.07) is 0. The third-order valence-electron chi connectivity index (χ3n) is 2.71. The fourth-order valence-corrected chi connectivity index (χ4v) is 1.74. The van der Waals surface area contributed by atoms with Gasteiger partial charge in [0.2, 0.25) is 0 Å². The number of unbranched alkanes of at least 4 members (excludes halogenated alkanes) is 8. The maximum Gasteiger partial charge on any atom is -0.00490 e. The molecule has 14 heavy (non-hydrogen) atoms. The Kier molecular flexibility index (Phi) is 12.9. The van der Waals surface area contributed by atoms with E-state index in [0.29, 0.717) is 0 Å². The van der Waals surface area contributed by atoms with Crippen LogP contribution in [-0.2, 0) is 0 Å². The van der Waals surface area contributed by atoms with Gasteiger partial charge in [-0.05, 0) is 19.5 Å². The second-order valence-corrected chi connectivity index (χ2v) is 4.18. The van der Waals surface area contributed by atoms with E-state index in [4.69, 9.17) is 0 Å². The molecule has 0 aromatic rings. The summed E-state index contributed by atoms with van der Waals surface area (Å²) in [5.74, 6) is 0. The number of nitrogens with one attached hydrogen (secondary N) is 1. The molecule has 0 amide bonds. The molecule has 0 aliphatic rings. The first-order valence-electron chi connectivity index (χ1n) is 6.62. The van der Waals surface area contributed by atoms with Gasteiger partial charge in [0.25, 0.3) is 0 Å². The Morgan fingerprint density at radius 2 is 1.14 bits per heavy atom. The van der Waals surface area contributed by atoms with E-state index in [0.717, 1.165) is 6.54 Å². The van der Waals surface area contributed by atoms with Crippen LogP contribution >= 0.6 is 0 Å². The van der Waals surface area contributed by atoms with Gasteiger partial charge in [0.05, 0.1) is 0 Å². The van der Waals surface area contributed by atoms with Crippen LogP contribution in [0, 0.1) is 0 Å². The van der Waals surface area contributed by atoms with Gasteiger partial charge < -0.3 is 5.32 Å². The Morgan fingerprint density at radius 1 is 0.643 bits per heavy atom. The largest absolute Gasteiger partial charge is 0.317 e.